The number of phenolic OH excluding ortho intramolecular Hbond substituents is 2. The van der Waals surface area contributed by atoms with Gasteiger partial charge in [0.1, 0.15) is 5.75 Å². The number of aromatic hydroxyl groups is 2. The molecular weight excluding hydrogens is 334 g/mol. The number of hydrogen-bond acceptors (Lipinski definition) is 5. The standard InChI is InChI=1S/C20H23NO5/c1-3-26-20(24)21-9-8-14-11-19(25-2)18(23)12-16(14)17(21)10-13-4-6-15(22)7-5-13/h4-7,11-12,17,22-23H,3,8-10H2,1-2H3/t17-/m0/s1. The molecule has 0 radical (unpaired) electrons. The zero-order chi connectivity index (χ0) is 18.7. The summed E-state index contributed by atoms with van der Waals surface area (Å²) in [5.74, 6) is 0.673. The number of amides is 1. The fraction of sp³-hybridized carbons (Fsp3) is 0.350. The van der Waals surface area contributed by atoms with Crippen molar-refractivity contribution in [1.82, 2.24) is 4.90 Å². The van der Waals surface area contributed by atoms with Crippen molar-refractivity contribution in [2.75, 3.05) is 20.3 Å². The average molecular weight is 357 g/mol. The lowest BCUT2D eigenvalue weighted by Gasteiger charge is -2.37. The van der Waals surface area contributed by atoms with E-state index in [9.17, 15) is 15.0 Å². The van der Waals surface area contributed by atoms with Crippen LogP contribution in [0.15, 0.2) is 36.4 Å². The molecule has 0 fully saturated rings. The van der Waals surface area contributed by atoms with Gasteiger partial charge in [0.15, 0.2) is 11.5 Å². The van der Waals surface area contributed by atoms with Gasteiger partial charge < -0.3 is 24.6 Å². The first kappa shape index (κ1) is 17.9. The van der Waals surface area contributed by atoms with Crippen LogP contribution in [0.3, 0.4) is 0 Å². The number of ether oxygens (including phenoxy) is 2. The molecule has 2 aromatic carbocycles. The summed E-state index contributed by atoms with van der Waals surface area (Å²) in [5, 5.41) is 19.7. The predicted octanol–water partition coefficient (Wildman–Crippen LogP) is 3.40. The maximum Gasteiger partial charge on any atom is 0.410 e. The third kappa shape index (κ3) is 3.54. The smallest absolute Gasteiger partial charge is 0.410 e. The van der Waals surface area contributed by atoms with Crippen LogP contribution < -0.4 is 4.74 Å². The molecule has 3 rings (SSSR count). The Morgan fingerprint density at radius 2 is 1.96 bits per heavy atom. The summed E-state index contributed by atoms with van der Waals surface area (Å²) in [6, 6.07) is 10.1. The molecule has 2 N–H and O–H groups in total. The summed E-state index contributed by atoms with van der Waals surface area (Å²) in [4.78, 5) is 14.1. The van der Waals surface area contributed by atoms with Crippen molar-refractivity contribution in [3.8, 4) is 17.2 Å². The minimum Gasteiger partial charge on any atom is -0.508 e. The number of methoxy groups -OCH3 is 1. The van der Waals surface area contributed by atoms with Crippen molar-refractivity contribution < 1.29 is 24.5 Å². The first-order chi connectivity index (χ1) is 12.5. The highest BCUT2D eigenvalue weighted by Gasteiger charge is 2.33. The lowest BCUT2D eigenvalue weighted by atomic mass is 9.88. The van der Waals surface area contributed by atoms with Crippen LogP contribution in [-0.2, 0) is 17.6 Å². The third-order valence-electron chi connectivity index (χ3n) is 4.67. The third-order valence-corrected chi connectivity index (χ3v) is 4.67. The number of hydrogen-bond donors (Lipinski definition) is 2. The van der Waals surface area contributed by atoms with Crippen molar-refractivity contribution in [3.05, 3.63) is 53.1 Å². The predicted molar refractivity (Wildman–Crippen MR) is 96.6 cm³/mol. The molecule has 0 saturated heterocycles. The van der Waals surface area contributed by atoms with Crippen LogP contribution in [0.25, 0.3) is 0 Å². The molecule has 0 unspecified atom stereocenters. The van der Waals surface area contributed by atoms with E-state index in [4.69, 9.17) is 9.47 Å². The molecule has 6 nitrogen and oxygen atoms in total. The monoisotopic (exact) mass is 357 g/mol. The van der Waals surface area contributed by atoms with Gasteiger partial charge in [-0.3, -0.25) is 0 Å². The Kier molecular flexibility index (Phi) is 5.21. The Hall–Kier alpha value is -2.89. The van der Waals surface area contributed by atoms with E-state index < -0.39 is 0 Å². The molecule has 1 amide bonds. The molecule has 1 aliphatic rings. The van der Waals surface area contributed by atoms with Crippen LogP contribution in [0.5, 0.6) is 17.2 Å². The van der Waals surface area contributed by atoms with E-state index in [0.29, 0.717) is 31.7 Å². The second kappa shape index (κ2) is 7.56. The zero-order valence-corrected chi connectivity index (χ0v) is 14.9. The van der Waals surface area contributed by atoms with E-state index in [2.05, 4.69) is 0 Å². The van der Waals surface area contributed by atoms with Crippen LogP contribution >= 0.6 is 0 Å². The Bertz CT molecular complexity index is 788. The number of carbonyl (C=O) groups excluding carboxylic acids is 1. The maximum absolute atomic E-state index is 12.4. The SMILES string of the molecule is CCOC(=O)N1CCc2cc(OC)c(O)cc2[C@@H]1Cc1ccc(O)cc1. The summed E-state index contributed by atoms with van der Waals surface area (Å²) in [7, 11) is 1.52. The topological polar surface area (TPSA) is 79.2 Å². The molecule has 26 heavy (non-hydrogen) atoms. The second-order valence-electron chi connectivity index (χ2n) is 6.25. The van der Waals surface area contributed by atoms with E-state index in [0.717, 1.165) is 16.7 Å². The van der Waals surface area contributed by atoms with Crippen LogP contribution in [0.1, 0.15) is 29.7 Å². The molecule has 0 saturated carbocycles. The first-order valence-electron chi connectivity index (χ1n) is 8.64. The molecule has 6 heteroatoms. The van der Waals surface area contributed by atoms with Crippen LogP contribution in [0, 0.1) is 0 Å². The number of benzene rings is 2. The summed E-state index contributed by atoms with van der Waals surface area (Å²) >= 11 is 0. The molecule has 138 valence electrons. The highest BCUT2D eigenvalue weighted by atomic mass is 16.6. The lowest BCUT2D eigenvalue weighted by Crippen LogP contribution is -2.41. The molecular formula is C20H23NO5. The van der Waals surface area contributed by atoms with Crippen LogP contribution in [-0.4, -0.2) is 41.5 Å². The molecule has 0 aliphatic carbocycles. The van der Waals surface area contributed by atoms with E-state index in [1.807, 2.05) is 18.2 Å². The summed E-state index contributed by atoms with van der Waals surface area (Å²) in [5.41, 5.74) is 2.91. The van der Waals surface area contributed by atoms with E-state index in [1.54, 1.807) is 30.0 Å². The van der Waals surface area contributed by atoms with Crippen molar-refractivity contribution >= 4 is 6.09 Å². The van der Waals surface area contributed by atoms with Crippen molar-refractivity contribution in [2.45, 2.75) is 25.8 Å². The van der Waals surface area contributed by atoms with Gasteiger partial charge in [-0.15, -0.1) is 0 Å². The number of rotatable bonds is 4. The van der Waals surface area contributed by atoms with Gasteiger partial charge in [0.05, 0.1) is 19.8 Å². The highest BCUT2D eigenvalue weighted by molar-refractivity contribution is 5.69. The number of nitrogens with zero attached hydrogens (tertiary/aromatic N) is 1. The van der Waals surface area contributed by atoms with Gasteiger partial charge in [-0.2, -0.15) is 0 Å². The largest absolute Gasteiger partial charge is 0.508 e. The second-order valence-corrected chi connectivity index (χ2v) is 6.25. The average Bonchev–Trinajstić information content (AvgIpc) is 2.63. The molecule has 1 heterocycles. The molecule has 0 spiro atoms. The molecule has 2 aromatic rings. The molecule has 1 atom stereocenters. The molecule has 0 bridgehead atoms. The van der Waals surface area contributed by atoms with E-state index >= 15 is 0 Å². The number of fused-ring (bicyclic) bond motifs is 1. The van der Waals surface area contributed by atoms with Gasteiger partial charge in [-0.25, -0.2) is 4.79 Å². The summed E-state index contributed by atoms with van der Waals surface area (Å²) in [6.07, 6.45) is 0.853. The van der Waals surface area contributed by atoms with Gasteiger partial charge in [0, 0.05) is 6.54 Å². The minimum absolute atomic E-state index is 0.0488. The van der Waals surface area contributed by atoms with Gasteiger partial charge in [0.2, 0.25) is 0 Å². The summed E-state index contributed by atoms with van der Waals surface area (Å²) < 4.78 is 10.4. The van der Waals surface area contributed by atoms with Crippen molar-refractivity contribution in [2.24, 2.45) is 0 Å². The first-order valence-corrected chi connectivity index (χ1v) is 8.64. The minimum atomic E-state index is -0.364. The summed E-state index contributed by atoms with van der Waals surface area (Å²) in [6.45, 7) is 2.62. The van der Waals surface area contributed by atoms with Gasteiger partial charge >= 0.3 is 6.09 Å². The van der Waals surface area contributed by atoms with Crippen LogP contribution in [0.4, 0.5) is 4.79 Å². The fourth-order valence-electron chi connectivity index (χ4n) is 3.38. The Labute approximate surface area is 152 Å². The molecule has 0 aromatic heterocycles. The van der Waals surface area contributed by atoms with Gasteiger partial charge in [0.25, 0.3) is 0 Å². The van der Waals surface area contributed by atoms with Crippen molar-refractivity contribution in [3.63, 3.8) is 0 Å². The van der Waals surface area contributed by atoms with Crippen molar-refractivity contribution in [1.29, 1.82) is 0 Å². The normalized spacial score (nSPS) is 16.1. The zero-order valence-electron chi connectivity index (χ0n) is 14.9. The quantitative estimate of drug-likeness (QED) is 0.877. The lowest BCUT2D eigenvalue weighted by molar-refractivity contribution is 0.0863. The highest BCUT2D eigenvalue weighted by Crippen LogP contribution is 2.39. The Morgan fingerprint density at radius 1 is 1.23 bits per heavy atom. The van der Waals surface area contributed by atoms with Gasteiger partial charge in [-0.1, -0.05) is 12.1 Å². The molecule has 1 aliphatic heterocycles. The maximum atomic E-state index is 12.4. The van der Waals surface area contributed by atoms with E-state index in [1.165, 1.54) is 7.11 Å². The van der Waals surface area contributed by atoms with Crippen LogP contribution in [0.2, 0.25) is 0 Å². The van der Waals surface area contributed by atoms with E-state index in [-0.39, 0.29) is 23.6 Å². The fourth-order valence-corrected chi connectivity index (χ4v) is 3.38. The Balaban J connectivity index is 2.00. The number of phenols is 2. The Morgan fingerprint density at radius 3 is 2.62 bits per heavy atom. The number of carbonyl (C=O) groups is 1. The van der Waals surface area contributed by atoms with Gasteiger partial charge in [-0.05, 0) is 60.7 Å².